The Morgan fingerprint density at radius 2 is 1.65 bits per heavy atom. The molecule has 4 nitrogen and oxygen atoms in total. The van der Waals surface area contributed by atoms with Crippen LogP contribution in [0.3, 0.4) is 0 Å². The Morgan fingerprint density at radius 3 is 2.20 bits per heavy atom. The summed E-state index contributed by atoms with van der Waals surface area (Å²) in [5.41, 5.74) is 14.2. The van der Waals surface area contributed by atoms with E-state index in [-0.39, 0.29) is 0 Å². The van der Waals surface area contributed by atoms with Gasteiger partial charge in [0.1, 0.15) is 6.10 Å². The molecule has 2 aromatic carbocycles. The fourth-order valence-electron chi connectivity index (χ4n) is 2.32. The zero-order valence-electron chi connectivity index (χ0n) is 12.1. The molecule has 2 aromatic rings. The number of fused-ring (bicyclic) bond motifs is 1. The average molecular weight is 271 g/mol. The van der Waals surface area contributed by atoms with Gasteiger partial charge in [-0.25, -0.2) is 0 Å². The zero-order chi connectivity index (χ0) is 14.9. The van der Waals surface area contributed by atoms with Crippen molar-refractivity contribution in [1.29, 1.82) is 0 Å². The van der Waals surface area contributed by atoms with Crippen LogP contribution in [0.1, 0.15) is 18.6 Å². The molecule has 0 amide bonds. The van der Waals surface area contributed by atoms with Gasteiger partial charge in [0.25, 0.3) is 0 Å². The third-order valence-electron chi connectivity index (χ3n) is 3.46. The van der Waals surface area contributed by atoms with E-state index in [1.807, 2.05) is 55.4 Å². The minimum atomic E-state index is -0.888. The lowest BCUT2D eigenvalue weighted by Gasteiger charge is -2.20. The molecule has 0 heterocycles. The van der Waals surface area contributed by atoms with E-state index in [0.29, 0.717) is 11.4 Å². The second-order valence-corrected chi connectivity index (χ2v) is 5.15. The lowest BCUT2D eigenvalue weighted by Crippen LogP contribution is -2.16. The lowest BCUT2D eigenvalue weighted by atomic mass is 9.97. The van der Waals surface area contributed by atoms with Crippen molar-refractivity contribution in [3.05, 3.63) is 53.4 Å². The molecule has 4 heteroatoms. The standard InChI is InChI=1S/C16H21N3O/c1-10(17)15(18)16(20)13-8-9-14(19(2)3)12-7-5-4-6-11(12)13/h4-9,16,20H,17-18H2,1-3H3/b15-10-. The van der Waals surface area contributed by atoms with E-state index in [4.69, 9.17) is 11.5 Å². The number of rotatable bonds is 3. The molecule has 0 bridgehead atoms. The summed E-state index contributed by atoms with van der Waals surface area (Å²) in [6.45, 7) is 1.69. The first-order valence-electron chi connectivity index (χ1n) is 6.52. The molecular formula is C16H21N3O. The van der Waals surface area contributed by atoms with Crippen LogP contribution in [0.5, 0.6) is 0 Å². The van der Waals surface area contributed by atoms with Crippen molar-refractivity contribution < 1.29 is 5.11 Å². The molecule has 1 atom stereocenters. The van der Waals surface area contributed by atoms with E-state index in [1.54, 1.807) is 6.92 Å². The first-order valence-corrected chi connectivity index (χ1v) is 6.52. The summed E-state index contributed by atoms with van der Waals surface area (Å²) in [7, 11) is 3.99. The van der Waals surface area contributed by atoms with E-state index in [1.165, 1.54) is 0 Å². The fraction of sp³-hybridized carbons (Fsp3) is 0.250. The Morgan fingerprint density at radius 1 is 1.05 bits per heavy atom. The van der Waals surface area contributed by atoms with Crippen molar-refractivity contribution in [2.45, 2.75) is 13.0 Å². The lowest BCUT2D eigenvalue weighted by molar-refractivity contribution is 0.214. The Balaban J connectivity index is 2.68. The molecule has 0 saturated carbocycles. The third-order valence-corrected chi connectivity index (χ3v) is 3.46. The molecule has 0 saturated heterocycles. The largest absolute Gasteiger partial charge is 0.401 e. The fourth-order valence-corrected chi connectivity index (χ4v) is 2.32. The number of nitrogens with two attached hydrogens (primary N) is 2. The third kappa shape index (κ3) is 2.42. The quantitative estimate of drug-likeness (QED) is 0.799. The second-order valence-electron chi connectivity index (χ2n) is 5.15. The van der Waals surface area contributed by atoms with Crippen molar-refractivity contribution in [3.8, 4) is 0 Å². The van der Waals surface area contributed by atoms with Crippen LogP contribution in [0.4, 0.5) is 5.69 Å². The number of aliphatic hydroxyl groups is 1. The van der Waals surface area contributed by atoms with Crippen LogP contribution in [-0.4, -0.2) is 19.2 Å². The van der Waals surface area contributed by atoms with Gasteiger partial charge in [0.2, 0.25) is 0 Å². The highest BCUT2D eigenvalue weighted by atomic mass is 16.3. The average Bonchev–Trinajstić information content (AvgIpc) is 2.44. The van der Waals surface area contributed by atoms with Crippen molar-refractivity contribution in [3.63, 3.8) is 0 Å². The Kier molecular flexibility index (Phi) is 3.86. The van der Waals surface area contributed by atoms with Crippen molar-refractivity contribution >= 4 is 16.5 Å². The molecule has 0 spiro atoms. The van der Waals surface area contributed by atoms with Gasteiger partial charge >= 0.3 is 0 Å². The van der Waals surface area contributed by atoms with Crippen LogP contribution in [0, 0.1) is 0 Å². The number of nitrogens with zero attached hydrogens (tertiary/aromatic N) is 1. The van der Waals surface area contributed by atoms with E-state index in [9.17, 15) is 5.11 Å². The normalized spacial score (nSPS) is 14.0. The number of aliphatic hydroxyl groups excluding tert-OH is 1. The van der Waals surface area contributed by atoms with Crippen LogP contribution in [-0.2, 0) is 0 Å². The minimum absolute atomic E-state index is 0.299. The van der Waals surface area contributed by atoms with E-state index >= 15 is 0 Å². The predicted molar refractivity (Wildman–Crippen MR) is 84.3 cm³/mol. The van der Waals surface area contributed by atoms with Gasteiger partial charge in [0.15, 0.2) is 0 Å². The summed E-state index contributed by atoms with van der Waals surface area (Å²) in [6, 6.07) is 11.8. The zero-order valence-corrected chi connectivity index (χ0v) is 12.1. The maximum absolute atomic E-state index is 10.4. The SMILES string of the molecule is C/C(N)=C(/N)C(O)c1ccc(N(C)C)c2ccccc12. The first kappa shape index (κ1) is 14.2. The molecule has 0 aliphatic heterocycles. The predicted octanol–water partition coefficient (Wildman–Crippen LogP) is 2.09. The molecule has 2 rings (SSSR count). The molecule has 0 aromatic heterocycles. The molecule has 1 unspecified atom stereocenters. The van der Waals surface area contributed by atoms with Crippen molar-refractivity contribution in [1.82, 2.24) is 0 Å². The summed E-state index contributed by atoms with van der Waals surface area (Å²) in [5, 5.41) is 12.5. The molecule has 0 radical (unpaired) electrons. The van der Waals surface area contributed by atoms with Gasteiger partial charge < -0.3 is 21.5 Å². The Hall–Kier alpha value is -2.20. The Bertz CT molecular complexity index is 658. The molecule has 5 N–H and O–H groups in total. The molecular weight excluding hydrogens is 250 g/mol. The van der Waals surface area contributed by atoms with Crippen molar-refractivity contribution in [2.24, 2.45) is 11.5 Å². The summed E-state index contributed by atoms with van der Waals surface area (Å²) < 4.78 is 0. The summed E-state index contributed by atoms with van der Waals surface area (Å²) in [5.74, 6) is 0. The van der Waals surface area contributed by atoms with Crippen LogP contribution >= 0.6 is 0 Å². The second kappa shape index (κ2) is 5.43. The van der Waals surface area contributed by atoms with Gasteiger partial charge in [-0.05, 0) is 23.9 Å². The first-order chi connectivity index (χ1) is 9.43. The smallest absolute Gasteiger partial charge is 0.121 e. The summed E-state index contributed by atoms with van der Waals surface area (Å²) >= 11 is 0. The number of hydrogen-bond donors (Lipinski definition) is 3. The summed E-state index contributed by atoms with van der Waals surface area (Å²) in [4.78, 5) is 2.05. The topological polar surface area (TPSA) is 75.5 Å². The van der Waals surface area contributed by atoms with Crippen LogP contribution in [0.15, 0.2) is 47.8 Å². The monoisotopic (exact) mass is 271 g/mol. The number of allylic oxidation sites excluding steroid dienone is 1. The minimum Gasteiger partial charge on any atom is -0.401 e. The van der Waals surface area contributed by atoms with E-state index in [0.717, 1.165) is 22.0 Å². The van der Waals surface area contributed by atoms with Gasteiger partial charge in [-0.1, -0.05) is 30.3 Å². The molecule has 0 aliphatic rings. The van der Waals surface area contributed by atoms with Gasteiger partial charge in [-0.2, -0.15) is 0 Å². The van der Waals surface area contributed by atoms with Gasteiger partial charge in [-0.15, -0.1) is 0 Å². The van der Waals surface area contributed by atoms with E-state index < -0.39 is 6.10 Å². The van der Waals surface area contributed by atoms with Gasteiger partial charge in [0, 0.05) is 30.9 Å². The highest BCUT2D eigenvalue weighted by Crippen LogP contribution is 2.33. The molecule has 0 fully saturated rings. The highest BCUT2D eigenvalue weighted by Gasteiger charge is 2.16. The van der Waals surface area contributed by atoms with Gasteiger partial charge in [-0.3, -0.25) is 0 Å². The molecule has 0 aliphatic carbocycles. The molecule has 20 heavy (non-hydrogen) atoms. The highest BCUT2D eigenvalue weighted by molar-refractivity contribution is 5.96. The van der Waals surface area contributed by atoms with Crippen LogP contribution < -0.4 is 16.4 Å². The number of benzene rings is 2. The molecule has 106 valence electrons. The Labute approximate surface area is 119 Å². The van der Waals surface area contributed by atoms with Crippen LogP contribution in [0.2, 0.25) is 0 Å². The van der Waals surface area contributed by atoms with Gasteiger partial charge in [0.05, 0.1) is 5.70 Å². The maximum atomic E-state index is 10.4. The number of hydrogen-bond acceptors (Lipinski definition) is 4. The number of anilines is 1. The van der Waals surface area contributed by atoms with Crippen molar-refractivity contribution in [2.75, 3.05) is 19.0 Å². The van der Waals surface area contributed by atoms with E-state index in [2.05, 4.69) is 0 Å². The van der Waals surface area contributed by atoms with Crippen LogP contribution in [0.25, 0.3) is 10.8 Å². The maximum Gasteiger partial charge on any atom is 0.121 e. The summed E-state index contributed by atoms with van der Waals surface area (Å²) in [6.07, 6.45) is -0.888.